The average molecular weight is 311 g/mol. The number of hydrogen-bond acceptors (Lipinski definition) is 2. The van der Waals surface area contributed by atoms with Gasteiger partial charge in [-0.05, 0) is 19.3 Å². The molecule has 0 fully saturated rings. The van der Waals surface area contributed by atoms with Gasteiger partial charge in [0.15, 0.2) is 0 Å². The van der Waals surface area contributed by atoms with Gasteiger partial charge in [0, 0.05) is 6.08 Å². The summed E-state index contributed by atoms with van der Waals surface area (Å²) in [6.07, 6.45) is 21.1. The molecule has 0 aliphatic rings. The third-order valence-corrected chi connectivity index (χ3v) is 3.97. The molecule has 22 heavy (non-hydrogen) atoms. The number of carbonyl (C=O) groups excluding carboxylic acids is 1. The van der Waals surface area contributed by atoms with E-state index >= 15 is 0 Å². The highest BCUT2D eigenvalue weighted by atomic mass is 16.5. The molecule has 0 aromatic heterocycles. The van der Waals surface area contributed by atoms with Gasteiger partial charge in [0.25, 0.3) is 0 Å². The predicted molar refractivity (Wildman–Crippen MR) is 96.1 cm³/mol. The number of allylic oxidation sites excluding steroid dienone is 1. The Morgan fingerprint density at radius 3 is 1.82 bits per heavy atom. The summed E-state index contributed by atoms with van der Waals surface area (Å²) in [5, 5.41) is 0. The van der Waals surface area contributed by atoms with Crippen LogP contribution in [0.1, 0.15) is 104 Å². The molecule has 2 nitrogen and oxygen atoms in total. The van der Waals surface area contributed by atoms with E-state index in [2.05, 4.69) is 13.8 Å². The maximum atomic E-state index is 11.5. The highest BCUT2D eigenvalue weighted by molar-refractivity contribution is 5.81. The van der Waals surface area contributed by atoms with Crippen molar-refractivity contribution in [3.8, 4) is 0 Å². The van der Waals surface area contributed by atoms with Crippen molar-refractivity contribution in [3.63, 3.8) is 0 Å². The molecule has 0 unspecified atom stereocenters. The van der Waals surface area contributed by atoms with E-state index in [0.29, 0.717) is 6.61 Å². The molecule has 0 aliphatic heterocycles. The normalized spacial score (nSPS) is 11.2. The number of ether oxygens (including phenoxy) is 1. The second-order valence-electron chi connectivity index (χ2n) is 6.25. The van der Waals surface area contributed by atoms with Gasteiger partial charge in [0.2, 0.25) is 0 Å². The molecule has 0 heterocycles. The van der Waals surface area contributed by atoms with E-state index < -0.39 is 0 Å². The first-order valence-corrected chi connectivity index (χ1v) is 9.64. The molecule has 0 bridgehead atoms. The zero-order valence-corrected chi connectivity index (χ0v) is 15.1. The molecule has 0 radical (unpaired) electrons. The van der Waals surface area contributed by atoms with Crippen molar-refractivity contribution in [3.05, 3.63) is 12.2 Å². The van der Waals surface area contributed by atoms with Gasteiger partial charge in [-0.1, -0.05) is 90.6 Å². The van der Waals surface area contributed by atoms with Crippen molar-refractivity contribution in [2.75, 3.05) is 6.61 Å². The summed E-state index contributed by atoms with van der Waals surface area (Å²) < 4.78 is 5.19. The summed E-state index contributed by atoms with van der Waals surface area (Å²) in [6.45, 7) is 5.05. The Balaban J connectivity index is 3.26. The van der Waals surface area contributed by atoms with Gasteiger partial charge in [-0.3, -0.25) is 0 Å². The predicted octanol–water partition coefficient (Wildman–Crippen LogP) is 6.59. The van der Waals surface area contributed by atoms with Crippen LogP contribution in [0.15, 0.2) is 12.2 Å². The molecular formula is C20H38O2. The SMILES string of the molecule is CCCCCCCCCC=CC(=O)OCCCCCCCC. The lowest BCUT2D eigenvalue weighted by Crippen LogP contribution is -2.02. The van der Waals surface area contributed by atoms with Crippen LogP contribution in [0.3, 0.4) is 0 Å². The van der Waals surface area contributed by atoms with E-state index in [4.69, 9.17) is 4.74 Å². The van der Waals surface area contributed by atoms with Crippen LogP contribution in [0, 0.1) is 0 Å². The Morgan fingerprint density at radius 2 is 1.23 bits per heavy atom. The van der Waals surface area contributed by atoms with Gasteiger partial charge in [0.1, 0.15) is 0 Å². The van der Waals surface area contributed by atoms with Crippen molar-refractivity contribution < 1.29 is 9.53 Å². The van der Waals surface area contributed by atoms with Crippen LogP contribution < -0.4 is 0 Å². The topological polar surface area (TPSA) is 26.3 Å². The Kier molecular flexibility index (Phi) is 17.6. The third kappa shape index (κ3) is 17.3. The maximum absolute atomic E-state index is 11.5. The van der Waals surface area contributed by atoms with E-state index in [9.17, 15) is 4.79 Å². The zero-order valence-electron chi connectivity index (χ0n) is 15.1. The Labute approximate surface area is 138 Å². The molecule has 0 aliphatic carbocycles. The molecule has 2 heteroatoms. The van der Waals surface area contributed by atoms with Crippen LogP contribution in [-0.4, -0.2) is 12.6 Å². The zero-order chi connectivity index (χ0) is 16.3. The highest BCUT2D eigenvalue weighted by Crippen LogP contribution is 2.08. The van der Waals surface area contributed by atoms with Gasteiger partial charge >= 0.3 is 5.97 Å². The molecule has 130 valence electrons. The molecule has 0 rings (SSSR count). The van der Waals surface area contributed by atoms with Crippen molar-refractivity contribution in [2.45, 2.75) is 104 Å². The Bertz CT molecular complexity index is 258. The molecular weight excluding hydrogens is 272 g/mol. The second kappa shape index (κ2) is 18.3. The molecule has 0 spiro atoms. The lowest BCUT2D eigenvalue weighted by molar-refractivity contribution is -0.137. The maximum Gasteiger partial charge on any atom is 0.330 e. The van der Waals surface area contributed by atoms with E-state index in [0.717, 1.165) is 12.8 Å². The third-order valence-electron chi connectivity index (χ3n) is 3.97. The minimum absolute atomic E-state index is 0.170. The minimum Gasteiger partial charge on any atom is -0.463 e. The van der Waals surface area contributed by atoms with Gasteiger partial charge in [-0.15, -0.1) is 0 Å². The Hall–Kier alpha value is -0.790. The second-order valence-corrected chi connectivity index (χ2v) is 6.25. The number of esters is 1. The molecule has 0 atom stereocenters. The first kappa shape index (κ1) is 21.2. The lowest BCUT2D eigenvalue weighted by Gasteiger charge is -2.02. The Morgan fingerprint density at radius 1 is 0.727 bits per heavy atom. The summed E-state index contributed by atoms with van der Waals surface area (Å²) >= 11 is 0. The number of unbranched alkanes of at least 4 members (excludes halogenated alkanes) is 12. The molecule has 0 N–H and O–H groups in total. The minimum atomic E-state index is -0.170. The fraction of sp³-hybridized carbons (Fsp3) is 0.850. The van der Waals surface area contributed by atoms with Crippen molar-refractivity contribution >= 4 is 5.97 Å². The summed E-state index contributed by atoms with van der Waals surface area (Å²) in [6, 6.07) is 0. The number of hydrogen-bond donors (Lipinski definition) is 0. The summed E-state index contributed by atoms with van der Waals surface area (Å²) in [5.74, 6) is -0.170. The van der Waals surface area contributed by atoms with Crippen LogP contribution in [0.5, 0.6) is 0 Å². The van der Waals surface area contributed by atoms with Crippen molar-refractivity contribution in [2.24, 2.45) is 0 Å². The van der Waals surface area contributed by atoms with Gasteiger partial charge in [0.05, 0.1) is 6.61 Å². The standard InChI is InChI=1S/C20H38O2/c1-3-5-7-9-11-12-13-14-16-18-20(21)22-19-17-15-10-8-6-4-2/h16,18H,3-15,17,19H2,1-2H3. The lowest BCUT2D eigenvalue weighted by atomic mass is 10.1. The van der Waals surface area contributed by atoms with E-state index in [1.807, 2.05) is 6.08 Å². The van der Waals surface area contributed by atoms with Crippen LogP contribution in [0.4, 0.5) is 0 Å². The number of rotatable bonds is 16. The summed E-state index contributed by atoms with van der Waals surface area (Å²) in [4.78, 5) is 11.5. The van der Waals surface area contributed by atoms with E-state index in [-0.39, 0.29) is 5.97 Å². The fourth-order valence-corrected chi connectivity index (χ4v) is 2.50. The summed E-state index contributed by atoms with van der Waals surface area (Å²) in [5.41, 5.74) is 0. The van der Waals surface area contributed by atoms with Crippen molar-refractivity contribution in [1.29, 1.82) is 0 Å². The first-order chi connectivity index (χ1) is 10.8. The smallest absolute Gasteiger partial charge is 0.330 e. The molecule has 0 saturated heterocycles. The van der Waals surface area contributed by atoms with Crippen LogP contribution in [0.2, 0.25) is 0 Å². The van der Waals surface area contributed by atoms with E-state index in [1.165, 1.54) is 77.0 Å². The monoisotopic (exact) mass is 310 g/mol. The highest BCUT2D eigenvalue weighted by Gasteiger charge is 1.97. The molecule has 0 aromatic rings. The van der Waals surface area contributed by atoms with Crippen LogP contribution >= 0.6 is 0 Å². The van der Waals surface area contributed by atoms with Crippen molar-refractivity contribution in [1.82, 2.24) is 0 Å². The number of carbonyl (C=O) groups is 1. The van der Waals surface area contributed by atoms with Crippen LogP contribution in [-0.2, 0) is 9.53 Å². The van der Waals surface area contributed by atoms with Gasteiger partial charge < -0.3 is 4.74 Å². The van der Waals surface area contributed by atoms with Crippen LogP contribution in [0.25, 0.3) is 0 Å². The average Bonchev–Trinajstić information content (AvgIpc) is 2.52. The molecule has 0 aromatic carbocycles. The van der Waals surface area contributed by atoms with Gasteiger partial charge in [-0.2, -0.15) is 0 Å². The first-order valence-electron chi connectivity index (χ1n) is 9.64. The molecule has 0 saturated carbocycles. The summed E-state index contributed by atoms with van der Waals surface area (Å²) in [7, 11) is 0. The van der Waals surface area contributed by atoms with Gasteiger partial charge in [-0.25, -0.2) is 4.79 Å². The fourth-order valence-electron chi connectivity index (χ4n) is 2.50. The quantitative estimate of drug-likeness (QED) is 0.183. The van der Waals surface area contributed by atoms with E-state index in [1.54, 1.807) is 6.08 Å². The molecule has 0 amide bonds. The largest absolute Gasteiger partial charge is 0.463 e.